The lowest BCUT2D eigenvalue weighted by atomic mass is 9.99. The quantitative estimate of drug-likeness (QED) is 0.725. The van der Waals surface area contributed by atoms with Gasteiger partial charge in [0.1, 0.15) is 11.9 Å². The number of nitrogens with zero attached hydrogens (tertiary/aromatic N) is 3. The van der Waals surface area contributed by atoms with Crippen LogP contribution in [0.1, 0.15) is 45.6 Å². The molecule has 1 aromatic carbocycles. The summed E-state index contributed by atoms with van der Waals surface area (Å²) in [7, 11) is 0. The molecule has 2 heterocycles. The highest BCUT2D eigenvalue weighted by molar-refractivity contribution is 5.97. The maximum absolute atomic E-state index is 14.3. The predicted octanol–water partition coefficient (Wildman–Crippen LogP) is 2.97. The van der Waals surface area contributed by atoms with E-state index in [0.717, 1.165) is 0 Å². The van der Waals surface area contributed by atoms with Gasteiger partial charge in [0.2, 0.25) is 5.91 Å². The maximum Gasteiger partial charge on any atom is 0.256 e. The normalized spacial score (nSPS) is 16.1. The highest BCUT2D eigenvalue weighted by atomic mass is 19.1. The number of primary amides is 1. The molecule has 1 aliphatic carbocycles. The summed E-state index contributed by atoms with van der Waals surface area (Å²) in [4.78, 5) is 35.6. The molecule has 0 fully saturated rings. The SMILES string of the molecule is NC(=O)[C@@H](c1cccnc1)N(C(=O)c1cccnc1)[C@@H]1CCc2c(F)cccc21. The van der Waals surface area contributed by atoms with Crippen molar-refractivity contribution in [1.29, 1.82) is 0 Å². The second-order valence-corrected chi connectivity index (χ2v) is 6.91. The van der Waals surface area contributed by atoms with Gasteiger partial charge in [0.25, 0.3) is 5.91 Å². The van der Waals surface area contributed by atoms with Crippen LogP contribution in [-0.2, 0) is 11.2 Å². The van der Waals surface area contributed by atoms with Crippen molar-refractivity contribution in [2.24, 2.45) is 5.73 Å². The van der Waals surface area contributed by atoms with Gasteiger partial charge in [-0.15, -0.1) is 0 Å². The van der Waals surface area contributed by atoms with Gasteiger partial charge in [0.05, 0.1) is 11.6 Å². The second kappa shape index (κ2) is 7.79. The molecule has 0 spiro atoms. The number of hydrogen-bond acceptors (Lipinski definition) is 4. The predicted molar refractivity (Wildman–Crippen MR) is 104 cm³/mol. The fraction of sp³-hybridized carbons (Fsp3) is 0.182. The first-order chi connectivity index (χ1) is 14.1. The molecule has 3 aromatic rings. The Kier molecular flexibility index (Phi) is 5.03. The molecule has 2 aromatic heterocycles. The largest absolute Gasteiger partial charge is 0.368 e. The van der Waals surface area contributed by atoms with Crippen molar-refractivity contribution in [2.75, 3.05) is 0 Å². The molecule has 2 atom stereocenters. The summed E-state index contributed by atoms with van der Waals surface area (Å²) in [5.41, 5.74) is 7.84. The number of carbonyl (C=O) groups is 2. The molecule has 0 radical (unpaired) electrons. The Morgan fingerprint density at radius 3 is 2.48 bits per heavy atom. The highest BCUT2D eigenvalue weighted by Gasteiger charge is 2.40. The van der Waals surface area contributed by atoms with Gasteiger partial charge in [0.15, 0.2) is 0 Å². The van der Waals surface area contributed by atoms with Gasteiger partial charge in [-0.05, 0) is 48.2 Å². The molecule has 146 valence electrons. The monoisotopic (exact) mass is 390 g/mol. The molecule has 0 saturated carbocycles. The molecular formula is C22H19FN4O2. The fourth-order valence-electron chi connectivity index (χ4n) is 3.95. The zero-order chi connectivity index (χ0) is 20.4. The van der Waals surface area contributed by atoms with Crippen molar-refractivity contribution >= 4 is 11.8 Å². The minimum Gasteiger partial charge on any atom is -0.368 e. The summed E-state index contributed by atoms with van der Waals surface area (Å²) in [6, 6.07) is 9.93. The average molecular weight is 390 g/mol. The van der Waals surface area contributed by atoms with Crippen LogP contribution in [0.25, 0.3) is 0 Å². The van der Waals surface area contributed by atoms with E-state index in [1.807, 2.05) is 0 Å². The summed E-state index contributed by atoms with van der Waals surface area (Å²) < 4.78 is 14.3. The first-order valence-corrected chi connectivity index (χ1v) is 9.27. The highest BCUT2D eigenvalue weighted by Crippen LogP contribution is 2.41. The van der Waals surface area contributed by atoms with E-state index >= 15 is 0 Å². The Morgan fingerprint density at radius 2 is 1.83 bits per heavy atom. The van der Waals surface area contributed by atoms with E-state index in [1.54, 1.807) is 48.8 Å². The zero-order valence-corrected chi connectivity index (χ0v) is 15.5. The Morgan fingerprint density at radius 1 is 1.07 bits per heavy atom. The minimum absolute atomic E-state index is 0.309. The second-order valence-electron chi connectivity index (χ2n) is 6.91. The van der Waals surface area contributed by atoms with E-state index in [1.165, 1.54) is 23.4 Å². The van der Waals surface area contributed by atoms with Gasteiger partial charge in [-0.2, -0.15) is 0 Å². The maximum atomic E-state index is 14.3. The Labute approximate surface area is 167 Å². The van der Waals surface area contributed by atoms with Crippen LogP contribution in [0.2, 0.25) is 0 Å². The van der Waals surface area contributed by atoms with Crippen molar-refractivity contribution < 1.29 is 14.0 Å². The van der Waals surface area contributed by atoms with E-state index in [4.69, 9.17) is 5.73 Å². The standard InChI is InChI=1S/C22H19FN4O2/c23-18-7-1-6-17-16(18)8-9-19(17)27(22(29)15-5-3-11-26-13-15)20(21(24)28)14-4-2-10-25-12-14/h1-7,10-13,19-20H,8-9H2,(H2,24,28)/t19-,20-/m1/s1. The van der Waals surface area contributed by atoms with E-state index in [9.17, 15) is 14.0 Å². The molecule has 2 N–H and O–H groups in total. The molecule has 29 heavy (non-hydrogen) atoms. The molecule has 0 aliphatic heterocycles. The number of rotatable bonds is 5. The smallest absolute Gasteiger partial charge is 0.256 e. The Bertz CT molecular complexity index is 1040. The van der Waals surface area contributed by atoms with Crippen LogP contribution in [0.15, 0.2) is 67.3 Å². The van der Waals surface area contributed by atoms with Crippen molar-refractivity contribution in [3.63, 3.8) is 0 Å². The minimum atomic E-state index is -1.05. The van der Waals surface area contributed by atoms with Gasteiger partial charge in [-0.1, -0.05) is 18.2 Å². The van der Waals surface area contributed by atoms with E-state index in [2.05, 4.69) is 9.97 Å². The van der Waals surface area contributed by atoms with Crippen LogP contribution in [0.3, 0.4) is 0 Å². The number of halogens is 1. The van der Waals surface area contributed by atoms with Crippen molar-refractivity contribution in [3.8, 4) is 0 Å². The van der Waals surface area contributed by atoms with Crippen molar-refractivity contribution in [1.82, 2.24) is 14.9 Å². The molecule has 4 rings (SSSR count). The molecule has 6 nitrogen and oxygen atoms in total. The molecule has 7 heteroatoms. The van der Waals surface area contributed by atoms with Crippen molar-refractivity contribution in [3.05, 3.63) is 95.3 Å². The van der Waals surface area contributed by atoms with E-state index in [-0.39, 0.29) is 5.82 Å². The summed E-state index contributed by atoms with van der Waals surface area (Å²) in [5.74, 6) is -1.39. The van der Waals surface area contributed by atoms with Crippen molar-refractivity contribution in [2.45, 2.75) is 24.9 Å². The van der Waals surface area contributed by atoms with Crippen LogP contribution in [0.5, 0.6) is 0 Å². The number of benzene rings is 1. The fourth-order valence-corrected chi connectivity index (χ4v) is 3.95. The van der Waals surface area contributed by atoms with Crippen LogP contribution < -0.4 is 5.73 Å². The third-order valence-corrected chi connectivity index (χ3v) is 5.21. The summed E-state index contributed by atoms with van der Waals surface area (Å²) in [5, 5.41) is 0. The van der Waals surface area contributed by atoms with Gasteiger partial charge < -0.3 is 10.6 Å². The number of carbonyl (C=O) groups excluding carboxylic acids is 2. The van der Waals surface area contributed by atoms with Gasteiger partial charge >= 0.3 is 0 Å². The third-order valence-electron chi connectivity index (χ3n) is 5.21. The zero-order valence-electron chi connectivity index (χ0n) is 15.5. The number of nitrogens with two attached hydrogens (primary N) is 1. The first kappa shape index (κ1) is 18.7. The summed E-state index contributed by atoms with van der Waals surface area (Å²) in [6.45, 7) is 0. The van der Waals surface area contributed by atoms with Gasteiger partial charge in [0, 0.05) is 30.4 Å². The number of amides is 2. The lowest BCUT2D eigenvalue weighted by molar-refractivity contribution is -0.123. The number of fused-ring (bicyclic) bond motifs is 1. The van der Waals surface area contributed by atoms with Crippen LogP contribution >= 0.6 is 0 Å². The lowest BCUT2D eigenvalue weighted by Crippen LogP contribution is -2.43. The number of hydrogen-bond donors (Lipinski definition) is 1. The van der Waals surface area contributed by atoms with Gasteiger partial charge in [-0.3, -0.25) is 19.6 Å². The molecule has 2 amide bonds. The molecule has 0 bridgehead atoms. The molecular weight excluding hydrogens is 371 g/mol. The van der Waals surface area contributed by atoms with E-state index in [0.29, 0.717) is 35.1 Å². The Balaban J connectivity index is 1.86. The van der Waals surface area contributed by atoms with Crippen LogP contribution in [-0.4, -0.2) is 26.7 Å². The van der Waals surface area contributed by atoms with Gasteiger partial charge in [-0.25, -0.2) is 4.39 Å². The number of pyridine rings is 2. The third kappa shape index (κ3) is 3.47. The van der Waals surface area contributed by atoms with Crippen LogP contribution in [0.4, 0.5) is 4.39 Å². The molecule has 0 unspecified atom stereocenters. The topological polar surface area (TPSA) is 89.2 Å². The first-order valence-electron chi connectivity index (χ1n) is 9.27. The summed E-state index contributed by atoms with van der Waals surface area (Å²) in [6.07, 6.45) is 7.07. The van der Waals surface area contributed by atoms with Crippen LogP contribution in [0, 0.1) is 5.82 Å². The number of aromatic nitrogens is 2. The molecule has 0 saturated heterocycles. The average Bonchev–Trinajstić information content (AvgIpc) is 3.17. The lowest BCUT2D eigenvalue weighted by Gasteiger charge is -2.35. The molecule has 1 aliphatic rings. The van der Waals surface area contributed by atoms with E-state index < -0.39 is 23.9 Å². The Hall–Kier alpha value is -3.61. The summed E-state index contributed by atoms with van der Waals surface area (Å²) >= 11 is 0.